The van der Waals surface area contributed by atoms with Gasteiger partial charge in [-0.25, -0.2) is 0 Å². The molecule has 0 bridgehead atoms. The zero-order valence-corrected chi connectivity index (χ0v) is 11.2. The summed E-state index contributed by atoms with van der Waals surface area (Å²) in [7, 11) is 0. The van der Waals surface area contributed by atoms with E-state index in [0.29, 0.717) is 5.69 Å². The first-order valence-corrected chi connectivity index (χ1v) is 5.82. The highest BCUT2D eigenvalue weighted by Gasteiger charge is 2.30. The van der Waals surface area contributed by atoms with E-state index in [-0.39, 0.29) is 12.3 Å². The van der Waals surface area contributed by atoms with Crippen molar-refractivity contribution in [1.29, 1.82) is 0 Å². The summed E-state index contributed by atoms with van der Waals surface area (Å²) in [5, 5.41) is 11.7. The molecule has 0 aromatic heterocycles. The lowest BCUT2D eigenvalue weighted by atomic mass is 9.89. The highest BCUT2D eigenvalue weighted by Crippen LogP contribution is 2.22. The van der Waals surface area contributed by atoms with E-state index < -0.39 is 11.4 Å². The largest absolute Gasteiger partial charge is 0.481 e. The summed E-state index contributed by atoms with van der Waals surface area (Å²) in [5.41, 5.74) is 1.77. The second-order valence-corrected chi connectivity index (χ2v) is 5.29. The number of hydrogen-bond donors (Lipinski definition) is 2. The molecule has 0 saturated heterocycles. The van der Waals surface area contributed by atoms with Gasteiger partial charge in [0.05, 0.1) is 5.41 Å². The lowest BCUT2D eigenvalue weighted by molar-refractivity contribution is -0.148. The average Bonchev–Trinajstić information content (AvgIpc) is 2.13. The Labute approximate surface area is 107 Å². The predicted molar refractivity (Wildman–Crippen MR) is 70.6 cm³/mol. The van der Waals surface area contributed by atoms with E-state index in [9.17, 15) is 9.59 Å². The first-order valence-electron chi connectivity index (χ1n) is 5.82. The zero-order valence-electron chi connectivity index (χ0n) is 11.2. The zero-order chi connectivity index (χ0) is 13.9. The molecule has 0 aliphatic heterocycles. The van der Waals surface area contributed by atoms with Crippen LogP contribution in [-0.4, -0.2) is 17.0 Å². The molecule has 1 rings (SSSR count). The number of hydrogen-bond acceptors (Lipinski definition) is 2. The first-order chi connectivity index (χ1) is 8.20. The minimum absolute atomic E-state index is 0.0463. The minimum Gasteiger partial charge on any atom is -0.481 e. The second-order valence-electron chi connectivity index (χ2n) is 5.29. The van der Waals surface area contributed by atoms with Crippen LogP contribution < -0.4 is 5.32 Å². The Hall–Kier alpha value is -1.84. The summed E-state index contributed by atoms with van der Waals surface area (Å²) >= 11 is 0. The van der Waals surface area contributed by atoms with E-state index in [0.717, 1.165) is 11.1 Å². The SMILES string of the molecule is Cc1cc(C)cc(NC(=O)CC(C)(C)C(=O)O)c1. The van der Waals surface area contributed by atoms with Gasteiger partial charge in [0, 0.05) is 12.1 Å². The minimum atomic E-state index is -1.05. The van der Waals surface area contributed by atoms with Crippen molar-refractivity contribution in [3.8, 4) is 0 Å². The molecule has 0 unspecified atom stereocenters. The van der Waals surface area contributed by atoms with Crippen molar-refractivity contribution in [2.24, 2.45) is 5.41 Å². The van der Waals surface area contributed by atoms with Gasteiger partial charge < -0.3 is 10.4 Å². The second kappa shape index (κ2) is 5.21. The summed E-state index contributed by atoms with van der Waals surface area (Å²) in [6, 6.07) is 5.73. The Morgan fingerprint density at radius 2 is 1.67 bits per heavy atom. The van der Waals surface area contributed by atoms with Crippen molar-refractivity contribution < 1.29 is 14.7 Å². The van der Waals surface area contributed by atoms with Gasteiger partial charge in [-0.05, 0) is 51.0 Å². The highest BCUT2D eigenvalue weighted by molar-refractivity contribution is 5.94. The third-order valence-electron chi connectivity index (χ3n) is 2.69. The number of carboxylic acids is 1. The Kier molecular flexibility index (Phi) is 4.11. The number of carbonyl (C=O) groups is 2. The molecule has 1 amide bonds. The monoisotopic (exact) mass is 249 g/mol. The van der Waals surface area contributed by atoms with Gasteiger partial charge in [0.2, 0.25) is 5.91 Å². The Morgan fingerprint density at radius 3 is 2.11 bits per heavy atom. The van der Waals surface area contributed by atoms with Gasteiger partial charge in [-0.15, -0.1) is 0 Å². The Morgan fingerprint density at radius 1 is 1.17 bits per heavy atom. The normalized spacial score (nSPS) is 11.1. The van der Waals surface area contributed by atoms with E-state index in [4.69, 9.17) is 5.11 Å². The van der Waals surface area contributed by atoms with Crippen molar-refractivity contribution in [3.05, 3.63) is 29.3 Å². The molecule has 1 aromatic rings. The molecule has 1 aromatic carbocycles. The fraction of sp³-hybridized carbons (Fsp3) is 0.429. The number of aryl methyl sites for hydroxylation is 2. The van der Waals surface area contributed by atoms with Gasteiger partial charge in [0.1, 0.15) is 0 Å². The number of benzene rings is 1. The molecule has 0 saturated carbocycles. The van der Waals surface area contributed by atoms with Crippen LogP contribution in [0.25, 0.3) is 0 Å². The van der Waals surface area contributed by atoms with Crippen LogP contribution in [0.3, 0.4) is 0 Å². The Balaban J connectivity index is 2.73. The van der Waals surface area contributed by atoms with E-state index in [1.54, 1.807) is 0 Å². The topological polar surface area (TPSA) is 66.4 Å². The third kappa shape index (κ3) is 3.87. The molecule has 0 spiro atoms. The van der Waals surface area contributed by atoms with Gasteiger partial charge >= 0.3 is 5.97 Å². The van der Waals surface area contributed by atoms with Crippen LogP contribution >= 0.6 is 0 Å². The molecule has 0 radical (unpaired) electrons. The molecule has 0 aliphatic rings. The van der Waals surface area contributed by atoms with Gasteiger partial charge in [0.25, 0.3) is 0 Å². The molecule has 0 fully saturated rings. The quantitative estimate of drug-likeness (QED) is 0.862. The number of carboxylic acid groups (broad SMARTS) is 1. The van der Waals surface area contributed by atoms with Gasteiger partial charge in [-0.2, -0.15) is 0 Å². The number of aliphatic carboxylic acids is 1. The van der Waals surface area contributed by atoms with Crippen molar-refractivity contribution in [2.45, 2.75) is 34.1 Å². The maximum absolute atomic E-state index is 11.8. The number of nitrogens with one attached hydrogen (secondary N) is 1. The molecule has 2 N–H and O–H groups in total. The van der Waals surface area contributed by atoms with E-state index in [2.05, 4.69) is 5.32 Å². The van der Waals surface area contributed by atoms with Crippen LogP contribution in [0.5, 0.6) is 0 Å². The maximum Gasteiger partial charge on any atom is 0.309 e. The lowest BCUT2D eigenvalue weighted by Crippen LogP contribution is -2.29. The van der Waals surface area contributed by atoms with Gasteiger partial charge in [-0.3, -0.25) is 9.59 Å². The smallest absolute Gasteiger partial charge is 0.309 e. The number of carbonyl (C=O) groups excluding carboxylic acids is 1. The van der Waals surface area contributed by atoms with Crippen molar-refractivity contribution in [1.82, 2.24) is 0 Å². The van der Waals surface area contributed by atoms with E-state index >= 15 is 0 Å². The third-order valence-corrected chi connectivity index (χ3v) is 2.69. The van der Waals surface area contributed by atoms with Crippen molar-refractivity contribution in [3.63, 3.8) is 0 Å². The molecule has 0 aliphatic carbocycles. The molecular weight excluding hydrogens is 230 g/mol. The average molecular weight is 249 g/mol. The molecule has 0 heterocycles. The standard InChI is InChI=1S/C14H19NO3/c1-9-5-10(2)7-11(6-9)15-12(16)8-14(3,4)13(17)18/h5-7H,8H2,1-4H3,(H,15,16)(H,17,18). The van der Waals surface area contributed by atoms with Crippen LogP contribution in [0.15, 0.2) is 18.2 Å². The van der Waals surface area contributed by atoms with Gasteiger partial charge in [0.15, 0.2) is 0 Å². The van der Waals surface area contributed by atoms with E-state index in [1.165, 1.54) is 13.8 Å². The molecule has 4 heteroatoms. The predicted octanol–water partition coefficient (Wildman–Crippen LogP) is 2.74. The summed E-state index contributed by atoms with van der Waals surface area (Å²) in [5.74, 6) is -1.26. The van der Waals surface area contributed by atoms with Crippen LogP contribution in [0, 0.1) is 19.3 Å². The maximum atomic E-state index is 11.8. The van der Waals surface area contributed by atoms with Crippen LogP contribution in [-0.2, 0) is 9.59 Å². The summed E-state index contributed by atoms with van der Waals surface area (Å²) in [6.45, 7) is 6.97. The summed E-state index contributed by atoms with van der Waals surface area (Å²) in [6.07, 6.45) is -0.0463. The van der Waals surface area contributed by atoms with Crippen LogP contribution in [0.2, 0.25) is 0 Å². The van der Waals surface area contributed by atoms with E-state index in [1.807, 2.05) is 32.0 Å². The number of amides is 1. The summed E-state index contributed by atoms with van der Waals surface area (Å²) < 4.78 is 0. The highest BCUT2D eigenvalue weighted by atomic mass is 16.4. The van der Waals surface area contributed by atoms with Crippen LogP contribution in [0.1, 0.15) is 31.4 Å². The molecule has 0 atom stereocenters. The number of rotatable bonds is 4. The molecule has 18 heavy (non-hydrogen) atoms. The van der Waals surface area contributed by atoms with Gasteiger partial charge in [-0.1, -0.05) is 6.07 Å². The molecule has 4 nitrogen and oxygen atoms in total. The Bertz CT molecular complexity index is 458. The van der Waals surface area contributed by atoms with Crippen LogP contribution in [0.4, 0.5) is 5.69 Å². The first kappa shape index (κ1) is 14.2. The summed E-state index contributed by atoms with van der Waals surface area (Å²) in [4.78, 5) is 22.7. The van der Waals surface area contributed by atoms with Crippen molar-refractivity contribution >= 4 is 17.6 Å². The molecular formula is C14H19NO3. The molecule has 98 valence electrons. The number of anilines is 1. The fourth-order valence-corrected chi connectivity index (χ4v) is 1.73. The van der Waals surface area contributed by atoms with Crippen molar-refractivity contribution in [2.75, 3.05) is 5.32 Å². The lowest BCUT2D eigenvalue weighted by Gasteiger charge is -2.18. The fourth-order valence-electron chi connectivity index (χ4n) is 1.73.